The normalized spacial score (nSPS) is 11.1. The Morgan fingerprint density at radius 1 is 1.04 bits per heavy atom. The third kappa shape index (κ3) is 3.81. The summed E-state index contributed by atoms with van der Waals surface area (Å²) in [6.45, 7) is 0. The predicted molar refractivity (Wildman–Crippen MR) is 77.8 cm³/mol. The Bertz CT molecular complexity index is 775. The number of aromatic carboxylic acids is 1. The molecule has 0 saturated heterocycles. The molecule has 2 aromatic carbocycles. The minimum absolute atomic E-state index is 0.0980. The van der Waals surface area contributed by atoms with Gasteiger partial charge in [-0.3, -0.25) is 4.79 Å². The molecule has 0 aliphatic heterocycles. The lowest BCUT2D eigenvalue weighted by Gasteiger charge is -2.12. The van der Waals surface area contributed by atoms with Crippen molar-refractivity contribution < 1.29 is 27.9 Å². The minimum atomic E-state index is -4.59. The van der Waals surface area contributed by atoms with E-state index in [1.807, 2.05) is 0 Å². The van der Waals surface area contributed by atoms with E-state index in [-0.39, 0.29) is 21.8 Å². The van der Waals surface area contributed by atoms with Gasteiger partial charge in [0.2, 0.25) is 0 Å². The number of halogens is 4. The van der Waals surface area contributed by atoms with E-state index in [0.717, 1.165) is 12.1 Å². The lowest BCUT2D eigenvalue weighted by molar-refractivity contribution is -0.137. The zero-order valence-electron chi connectivity index (χ0n) is 11.3. The maximum Gasteiger partial charge on any atom is 0.416 e. The van der Waals surface area contributed by atoms with Crippen molar-refractivity contribution in [2.75, 3.05) is 5.32 Å². The van der Waals surface area contributed by atoms with E-state index in [2.05, 4.69) is 5.32 Å². The van der Waals surface area contributed by atoms with Crippen LogP contribution in [0.1, 0.15) is 26.3 Å². The average molecular weight is 344 g/mol. The molecule has 0 aliphatic rings. The predicted octanol–water partition coefficient (Wildman–Crippen LogP) is 4.31. The molecule has 0 bridgehead atoms. The van der Waals surface area contributed by atoms with Crippen LogP contribution in [0.3, 0.4) is 0 Å². The Balaban J connectivity index is 2.36. The van der Waals surface area contributed by atoms with Crippen LogP contribution in [0.15, 0.2) is 42.5 Å². The van der Waals surface area contributed by atoms with Crippen LogP contribution >= 0.6 is 11.6 Å². The van der Waals surface area contributed by atoms with Crippen LogP contribution in [0, 0.1) is 0 Å². The molecule has 0 spiro atoms. The van der Waals surface area contributed by atoms with Crippen molar-refractivity contribution in [3.63, 3.8) is 0 Å². The van der Waals surface area contributed by atoms with Crippen LogP contribution in [0.5, 0.6) is 0 Å². The van der Waals surface area contributed by atoms with Gasteiger partial charge in [0.15, 0.2) is 0 Å². The van der Waals surface area contributed by atoms with Gasteiger partial charge in [-0.1, -0.05) is 23.7 Å². The highest BCUT2D eigenvalue weighted by atomic mass is 35.5. The zero-order valence-corrected chi connectivity index (χ0v) is 12.1. The molecule has 2 N–H and O–H groups in total. The molecule has 0 saturated carbocycles. The molecule has 0 aliphatic carbocycles. The van der Waals surface area contributed by atoms with Gasteiger partial charge < -0.3 is 10.4 Å². The Labute approximate surface area is 133 Å². The molecule has 0 atom stereocenters. The van der Waals surface area contributed by atoms with Gasteiger partial charge in [0.05, 0.1) is 27.4 Å². The maximum atomic E-state index is 12.7. The summed E-state index contributed by atoms with van der Waals surface area (Å²) >= 11 is 5.78. The number of hydrogen-bond acceptors (Lipinski definition) is 2. The number of alkyl halides is 3. The highest BCUT2D eigenvalue weighted by Gasteiger charge is 2.31. The van der Waals surface area contributed by atoms with Crippen molar-refractivity contribution in [3.05, 3.63) is 64.2 Å². The number of carboxylic acids is 1. The van der Waals surface area contributed by atoms with E-state index < -0.39 is 23.6 Å². The number of anilines is 1. The van der Waals surface area contributed by atoms with Crippen molar-refractivity contribution >= 4 is 29.2 Å². The standard InChI is InChI=1S/C15H9ClF3NO3/c16-11-6-5-8(15(17,18)19)7-12(11)20-13(21)9-3-1-2-4-10(9)14(22)23/h1-7H,(H,20,21)(H,22,23). The van der Waals surface area contributed by atoms with Crippen LogP contribution in [-0.4, -0.2) is 17.0 Å². The van der Waals surface area contributed by atoms with Gasteiger partial charge >= 0.3 is 12.1 Å². The molecule has 1 amide bonds. The molecular formula is C15H9ClF3NO3. The van der Waals surface area contributed by atoms with Crippen LogP contribution in [0.4, 0.5) is 18.9 Å². The quantitative estimate of drug-likeness (QED) is 0.872. The molecule has 2 rings (SSSR count). The third-order valence-corrected chi connectivity index (χ3v) is 3.27. The van der Waals surface area contributed by atoms with Crippen LogP contribution in [-0.2, 0) is 6.18 Å². The van der Waals surface area contributed by atoms with Crippen molar-refractivity contribution in [2.24, 2.45) is 0 Å². The number of nitrogens with one attached hydrogen (secondary N) is 1. The number of amides is 1. The second kappa shape index (κ2) is 6.29. The van der Waals surface area contributed by atoms with E-state index >= 15 is 0 Å². The van der Waals surface area contributed by atoms with Gasteiger partial charge in [-0.2, -0.15) is 13.2 Å². The molecule has 0 radical (unpaired) electrons. The molecular weight excluding hydrogens is 335 g/mol. The fraction of sp³-hybridized carbons (Fsp3) is 0.0667. The summed E-state index contributed by atoms with van der Waals surface area (Å²) in [6.07, 6.45) is -4.59. The number of hydrogen-bond donors (Lipinski definition) is 2. The summed E-state index contributed by atoms with van der Waals surface area (Å²) in [6, 6.07) is 7.80. The summed E-state index contributed by atoms with van der Waals surface area (Å²) in [4.78, 5) is 23.2. The number of carboxylic acid groups (broad SMARTS) is 1. The van der Waals surface area contributed by atoms with E-state index in [0.29, 0.717) is 6.07 Å². The average Bonchev–Trinajstić information content (AvgIpc) is 2.48. The molecule has 0 unspecified atom stereocenters. The lowest BCUT2D eigenvalue weighted by Crippen LogP contribution is -2.17. The first-order valence-electron chi connectivity index (χ1n) is 6.20. The molecule has 23 heavy (non-hydrogen) atoms. The van der Waals surface area contributed by atoms with Gasteiger partial charge in [0.25, 0.3) is 5.91 Å². The first kappa shape index (κ1) is 16.8. The minimum Gasteiger partial charge on any atom is -0.478 e. The SMILES string of the molecule is O=C(O)c1ccccc1C(=O)Nc1cc(C(F)(F)F)ccc1Cl. The highest BCUT2D eigenvalue weighted by molar-refractivity contribution is 6.34. The second-order valence-corrected chi connectivity index (χ2v) is 4.90. The fourth-order valence-electron chi connectivity index (χ4n) is 1.85. The molecule has 2 aromatic rings. The first-order chi connectivity index (χ1) is 10.7. The van der Waals surface area contributed by atoms with Gasteiger partial charge in [-0.05, 0) is 30.3 Å². The number of carbonyl (C=O) groups excluding carboxylic acids is 1. The lowest BCUT2D eigenvalue weighted by atomic mass is 10.1. The molecule has 0 heterocycles. The maximum absolute atomic E-state index is 12.7. The largest absolute Gasteiger partial charge is 0.478 e. The topological polar surface area (TPSA) is 66.4 Å². The monoisotopic (exact) mass is 343 g/mol. The molecule has 120 valence electrons. The highest BCUT2D eigenvalue weighted by Crippen LogP contribution is 2.34. The van der Waals surface area contributed by atoms with E-state index in [1.54, 1.807) is 0 Å². The zero-order chi connectivity index (χ0) is 17.2. The smallest absolute Gasteiger partial charge is 0.416 e. The third-order valence-electron chi connectivity index (χ3n) is 2.94. The Morgan fingerprint density at radius 3 is 2.22 bits per heavy atom. The van der Waals surface area contributed by atoms with Crippen LogP contribution < -0.4 is 5.32 Å². The molecule has 0 fully saturated rings. The summed E-state index contributed by atoms with van der Waals surface area (Å²) in [5.41, 5.74) is -1.70. The van der Waals surface area contributed by atoms with Crippen molar-refractivity contribution in [2.45, 2.75) is 6.18 Å². The van der Waals surface area contributed by atoms with Crippen molar-refractivity contribution in [1.82, 2.24) is 0 Å². The van der Waals surface area contributed by atoms with Crippen LogP contribution in [0.25, 0.3) is 0 Å². The first-order valence-corrected chi connectivity index (χ1v) is 6.58. The molecule has 8 heteroatoms. The van der Waals surface area contributed by atoms with Gasteiger partial charge in [0, 0.05) is 0 Å². The Hall–Kier alpha value is -2.54. The number of benzene rings is 2. The van der Waals surface area contributed by atoms with E-state index in [4.69, 9.17) is 16.7 Å². The van der Waals surface area contributed by atoms with Crippen LogP contribution in [0.2, 0.25) is 5.02 Å². The van der Waals surface area contributed by atoms with Crippen molar-refractivity contribution in [1.29, 1.82) is 0 Å². The van der Waals surface area contributed by atoms with E-state index in [1.165, 1.54) is 24.3 Å². The molecule has 4 nitrogen and oxygen atoms in total. The summed E-state index contributed by atoms with van der Waals surface area (Å²) in [5, 5.41) is 11.1. The number of rotatable bonds is 3. The number of carbonyl (C=O) groups is 2. The fourth-order valence-corrected chi connectivity index (χ4v) is 2.02. The van der Waals surface area contributed by atoms with Crippen molar-refractivity contribution in [3.8, 4) is 0 Å². The van der Waals surface area contributed by atoms with Gasteiger partial charge in [-0.15, -0.1) is 0 Å². The van der Waals surface area contributed by atoms with Gasteiger partial charge in [-0.25, -0.2) is 4.79 Å². The summed E-state index contributed by atoms with van der Waals surface area (Å²) in [5.74, 6) is -2.20. The summed E-state index contributed by atoms with van der Waals surface area (Å²) < 4.78 is 38.1. The Kier molecular flexibility index (Phi) is 4.60. The van der Waals surface area contributed by atoms with E-state index in [9.17, 15) is 22.8 Å². The second-order valence-electron chi connectivity index (χ2n) is 4.50. The van der Waals surface area contributed by atoms with Gasteiger partial charge in [0.1, 0.15) is 0 Å². The Morgan fingerprint density at radius 2 is 1.65 bits per heavy atom. The molecule has 0 aromatic heterocycles. The summed E-state index contributed by atoms with van der Waals surface area (Å²) in [7, 11) is 0.